The number of carbonyl (C=O) groups excluding carboxylic acids is 1. The molecule has 9 nitrogen and oxygen atoms in total. The molecule has 1 aliphatic heterocycles. The van der Waals surface area contributed by atoms with Crippen LogP contribution < -0.4 is 20.3 Å². The van der Waals surface area contributed by atoms with Crippen molar-refractivity contribution >= 4 is 39.0 Å². The molecule has 2 N–H and O–H groups in total. The molecule has 2 aromatic carbocycles. The van der Waals surface area contributed by atoms with Gasteiger partial charge in [-0.3, -0.25) is 4.98 Å². The van der Waals surface area contributed by atoms with Crippen molar-refractivity contribution in [3.05, 3.63) is 77.6 Å². The summed E-state index contributed by atoms with van der Waals surface area (Å²) in [5.41, 5.74) is 2.30. The van der Waals surface area contributed by atoms with Gasteiger partial charge in [0.1, 0.15) is 5.75 Å². The molecule has 0 unspecified atom stereocenters. The second-order valence-corrected chi connectivity index (χ2v) is 10.2. The minimum Gasteiger partial charge on any atom is -0.495 e. The summed E-state index contributed by atoms with van der Waals surface area (Å²) in [4.78, 5) is 18.4. The number of methoxy groups -OCH3 is 1. The van der Waals surface area contributed by atoms with Gasteiger partial charge >= 0.3 is 6.03 Å². The molecule has 0 radical (unpaired) electrons. The lowest BCUT2D eigenvalue weighted by Gasteiger charge is -2.35. The molecule has 1 aromatic heterocycles. The third-order valence-corrected chi connectivity index (χ3v) is 7.89. The summed E-state index contributed by atoms with van der Waals surface area (Å²) in [6.45, 7) is 2.12. The molecule has 184 valence electrons. The molecule has 2 amide bonds. The zero-order valence-electron chi connectivity index (χ0n) is 19.1. The molecule has 0 saturated carbocycles. The van der Waals surface area contributed by atoms with Crippen LogP contribution in [0.1, 0.15) is 5.56 Å². The highest BCUT2D eigenvalue weighted by molar-refractivity contribution is 7.89. The number of hydrogen-bond donors (Lipinski definition) is 2. The normalized spacial score (nSPS) is 14.4. The van der Waals surface area contributed by atoms with Crippen LogP contribution >= 0.6 is 11.6 Å². The van der Waals surface area contributed by atoms with Crippen LogP contribution in [0.3, 0.4) is 0 Å². The molecule has 0 spiro atoms. The van der Waals surface area contributed by atoms with Crippen molar-refractivity contribution in [2.45, 2.75) is 11.4 Å². The van der Waals surface area contributed by atoms with Crippen molar-refractivity contribution in [1.82, 2.24) is 14.6 Å². The minimum absolute atomic E-state index is 0.181. The number of carbonyl (C=O) groups is 1. The van der Waals surface area contributed by atoms with Crippen LogP contribution in [0, 0.1) is 0 Å². The van der Waals surface area contributed by atoms with Crippen molar-refractivity contribution in [3.8, 4) is 5.75 Å². The molecular formula is C24H26ClN5O4S. The Hall–Kier alpha value is -3.34. The molecule has 1 fully saturated rings. The van der Waals surface area contributed by atoms with E-state index in [1.807, 2.05) is 18.2 Å². The highest BCUT2D eigenvalue weighted by Gasteiger charge is 2.28. The lowest BCUT2D eigenvalue weighted by atomic mass is 10.2. The second kappa shape index (κ2) is 10.9. The molecule has 1 saturated heterocycles. The van der Waals surface area contributed by atoms with Crippen LogP contribution in [-0.4, -0.2) is 57.0 Å². The highest BCUT2D eigenvalue weighted by Crippen LogP contribution is 2.30. The number of amides is 2. The standard InChI is InChI=1S/C24H26ClN5O4S/c1-34-23-15-20(6-9-22(23)25)29-11-13-30(14-12-29)35(32,33)21-7-4-19(5-8-21)28-24(31)27-17-18-3-2-10-26-16-18/h2-10,15-16H,11-14,17H2,1H3,(H2,27,28,31). The van der Waals surface area contributed by atoms with Crippen LogP contribution in [0.15, 0.2) is 71.9 Å². The number of sulfonamides is 1. The number of ether oxygens (including phenoxy) is 1. The summed E-state index contributed by atoms with van der Waals surface area (Å²) in [6, 6.07) is 14.9. The van der Waals surface area contributed by atoms with Crippen molar-refractivity contribution < 1.29 is 17.9 Å². The number of rotatable bonds is 7. The molecule has 1 aliphatic rings. The predicted octanol–water partition coefficient (Wildman–Crippen LogP) is 3.58. The summed E-state index contributed by atoms with van der Waals surface area (Å²) in [5, 5.41) is 5.97. The van der Waals surface area contributed by atoms with Gasteiger partial charge in [0.05, 0.1) is 17.0 Å². The molecule has 0 bridgehead atoms. The zero-order valence-corrected chi connectivity index (χ0v) is 20.7. The summed E-state index contributed by atoms with van der Waals surface area (Å²) in [6.07, 6.45) is 3.34. The molecule has 2 heterocycles. The van der Waals surface area contributed by atoms with Gasteiger partial charge in [-0.1, -0.05) is 17.7 Å². The Bertz CT molecular complexity index is 1260. The number of urea groups is 1. The molecule has 0 aliphatic carbocycles. The number of benzene rings is 2. The number of anilines is 2. The van der Waals surface area contributed by atoms with Crippen molar-refractivity contribution in [2.75, 3.05) is 43.5 Å². The Balaban J connectivity index is 1.33. The van der Waals surface area contributed by atoms with E-state index in [0.717, 1.165) is 11.3 Å². The highest BCUT2D eigenvalue weighted by atomic mass is 35.5. The average molecular weight is 516 g/mol. The van der Waals surface area contributed by atoms with Crippen LogP contribution in [-0.2, 0) is 16.6 Å². The maximum absolute atomic E-state index is 13.1. The number of piperazine rings is 1. The fourth-order valence-corrected chi connectivity index (χ4v) is 5.37. The van der Waals surface area contributed by atoms with Crippen LogP contribution in [0.2, 0.25) is 5.02 Å². The third-order valence-electron chi connectivity index (χ3n) is 5.66. The molecule has 3 aromatic rings. The molecule has 35 heavy (non-hydrogen) atoms. The van der Waals surface area contributed by atoms with Gasteiger partial charge in [-0.2, -0.15) is 4.31 Å². The zero-order chi connectivity index (χ0) is 24.8. The van der Waals surface area contributed by atoms with E-state index >= 15 is 0 Å². The fraction of sp³-hybridized carbons (Fsp3) is 0.250. The van der Waals surface area contributed by atoms with E-state index in [9.17, 15) is 13.2 Å². The summed E-state index contributed by atoms with van der Waals surface area (Å²) in [7, 11) is -2.09. The molecular weight excluding hydrogens is 490 g/mol. The predicted molar refractivity (Wildman–Crippen MR) is 136 cm³/mol. The van der Waals surface area contributed by atoms with E-state index in [1.54, 1.807) is 43.8 Å². The Labute approximate surface area is 209 Å². The topological polar surface area (TPSA) is 104 Å². The van der Waals surface area contributed by atoms with Gasteiger partial charge in [-0.15, -0.1) is 0 Å². The SMILES string of the molecule is COc1cc(N2CCN(S(=O)(=O)c3ccc(NC(=O)NCc4cccnc4)cc3)CC2)ccc1Cl. The molecule has 11 heteroatoms. The van der Waals surface area contributed by atoms with Gasteiger partial charge in [0.15, 0.2) is 0 Å². The van der Waals surface area contributed by atoms with Gasteiger partial charge in [-0.05, 0) is 48.0 Å². The van der Waals surface area contributed by atoms with E-state index in [2.05, 4.69) is 20.5 Å². The van der Waals surface area contributed by atoms with E-state index < -0.39 is 10.0 Å². The van der Waals surface area contributed by atoms with Crippen molar-refractivity contribution in [1.29, 1.82) is 0 Å². The monoisotopic (exact) mass is 515 g/mol. The maximum atomic E-state index is 13.1. The summed E-state index contributed by atoms with van der Waals surface area (Å²) >= 11 is 6.11. The first-order valence-electron chi connectivity index (χ1n) is 11.0. The van der Waals surface area contributed by atoms with E-state index in [1.165, 1.54) is 16.4 Å². The van der Waals surface area contributed by atoms with Gasteiger partial charge in [0, 0.05) is 62.6 Å². The third kappa shape index (κ3) is 6.02. The number of nitrogens with one attached hydrogen (secondary N) is 2. The smallest absolute Gasteiger partial charge is 0.319 e. The lowest BCUT2D eigenvalue weighted by molar-refractivity contribution is 0.251. The fourth-order valence-electron chi connectivity index (χ4n) is 3.75. The summed E-state index contributed by atoms with van der Waals surface area (Å²) in [5.74, 6) is 0.582. The van der Waals surface area contributed by atoms with Crippen LogP contribution in [0.4, 0.5) is 16.2 Å². The Kier molecular flexibility index (Phi) is 7.74. The summed E-state index contributed by atoms with van der Waals surface area (Å²) < 4.78 is 33.0. The first-order chi connectivity index (χ1) is 16.9. The first-order valence-corrected chi connectivity index (χ1v) is 12.8. The van der Waals surface area contributed by atoms with Crippen LogP contribution in [0.5, 0.6) is 5.75 Å². The number of halogens is 1. The Morgan fingerprint density at radius 1 is 1.09 bits per heavy atom. The largest absolute Gasteiger partial charge is 0.495 e. The van der Waals surface area contributed by atoms with E-state index in [-0.39, 0.29) is 10.9 Å². The van der Waals surface area contributed by atoms with Crippen molar-refractivity contribution in [2.24, 2.45) is 0 Å². The number of pyridine rings is 1. The van der Waals surface area contributed by atoms with Gasteiger partial charge < -0.3 is 20.3 Å². The van der Waals surface area contributed by atoms with E-state index in [0.29, 0.717) is 49.2 Å². The number of nitrogens with zero attached hydrogens (tertiary/aromatic N) is 3. The first kappa shape index (κ1) is 24.8. The van der Waals surface area contributed by atoms with E-state index in [4.69, 9.17) is 16.3 Å². The van der Waals surface area contributed by atoms with Gasteiger partial charge in [0.2, 0.25) is 10.0 Å². The molecule has 0 atom stereocenters. The van der Waals surface area contributed by atoms with Gasteiger partial charge in [-0.25, -0.2) is 13.2 Å². The Morgan fingerprint density at radius 3 is 2.49 bits per heavy atom. The van der Waals surface area contributed by atoms with Gasteiger partial charge in [0.25, 0.3) is 0 Å². The number of aromatic nitrogens is 1. The van der Waals surface area contributed by atoms with Crippen molar-refractivity contribution in [3.63, 3.8) is 0 Å². The average Bonchev–Trinajstić information content (AvgIpc) is 2.89. The Morgan fingerprint density at radius 2 is 1.83 bits per heavy atom. The molecule has 4 rings (SSSR count). The van der Waals surface area contributed by atoms with Crippen LogP contribution in [0.25, 0.3) is 0 Å². The lowest BCUT2D eigenvalue weighted by Crippen LogP contribution is -2.48. The maximum Gasteiger partial charge on any atom is 0.319 e. The second-order valence-electron chi connectivity index (χ2n) is 7.90. The quantitative estimate of drug-likeness (QED) is 0.498. The number of hydrogen-bond acceptors (Lipinski definition) is 6. The minimum atomic E-state index is -3.65.